The van der Waals surface area contributed by atoms with Crippen molar-refractivity contribution >= 4 is 39.8 Å². The predicted molar refractivity (Wildman–Crippen MR) is 190 cm³/mol. The first-order valence-electron chi connectivity index (χ1n) is 17.2. The number of nitrogens with zero attached hydrogens (tertiary/aromatic N) is 1. The van der Waals surface area contributed by atoms with Gasteiger partial charge in [-0.3, -0.25) is 4.48 Å². The highest BCUT2D eigenvalue weighted by atomic mass is 19.2. The molecule has 0 fully saturated rings. The topological polar surface area (TPSA) is 0 Å². The number of quaternary nitrogens is 1. The van der Waals surface area contributed by atoms with Crippen molar-refractivity contribution in [2.45, 2.75) is 0 Å². The number of likely N-dealkylation sites (N-methyl/N-ethyl adjacent to an activating group) is 1. The molecule has 0 bridgehead atoms. The molecule has 0 unspecified atom stereocenters. The number of rotatable bonds is 8. The van der Waals surface area contributed by atoms with Gasteiger partial charge < -0.3 is 0 Å². The summed E-state index contributed by atoms with van der Waals surface area (Å²) in [7, 11) is 4.45. The highest BCUT2D eigenvalue weighted by Gasteiger charge is 2.52. The van der Waals surface area contributed by atoms with E-state index in [-0.39, 0.29) is 0 Å². The van der Waals surface area contributed by atoms with Crippen molar-refractivity contribution in [2.24, 2.45) is 0 Å². The van der Waals surface area contributed by atoms with Crippen LogP contribution < -0.4 is 26.3 Å². The fraction of sp³-hybridized carbons (Fsp3) is 0.0732. The van der Waals surface area contributed by atoms with Crippen LogP contribution in [-0.2, 0) is 0 Å². The molecule has 0 aliphatic rings. The fourth-order valence-electron chi connectivity index (χ4n) is 6.83. The number of para-hydroxylation sites is 1. The van der Waals surface area contributed by atoms with Crippen LogP contribution in [0.4, 0.5) is 93.5 Å². The van der Waals surface area contributed by atoms with E-state index in [1.54, 1.807) is 0 Å². The molecule has 0 saturated heterocycles. The van der Waals surface area contributed by atoms with Gasteiger partial charge in [-0.25, -0.2) is 87.8 Å². The average molecular weight is 917 g/mol. The third-order valence-electron chi connectivity index (χ3n) is 9.83. The Morgan fingerprint density at radius 1 is 0.333 bits per heavy atom. The zero-order valence-electron chi connectivity index (χ0n) is 31.2. The predicted octanol–water partition coefficient (Wildman–Crippen LogP) is 9.81. The summed E-state index contributed by atoms with van der Waals surface area (Å²) in [6.07, 6.45) is -2.80. The van der Waals surface area contributed by atoms with E-state index in [9.17, 15) is 52.7 Å². The molecule has 6 rings (SSSR count). The van der Waals surface area contributed by atoms with Crippen molar-refractivity contribution in [3.8, 4) is 0 Å². The molecule has 0 amide bonds. The molecule has 0 aliphatic heterocycles. The summed E-state index contributed by atoms with van der Waals surface area (Å²) < 4.78 is 295. The van der Waals surface area contributed by atoms with Crippen molar-refractivity contribution < 1.29 is 87.8 Å². The zero-order chi connectivity index (χ0) is 47.2. The molecule has 1 nitrogen and oxygen atoms in total. The van der Waals surface area contributed by atoms with Gasteiger partial charge in [0.25, 0.3) is 0 Å². The van der Waals surface area contributed by atoms with Gasteiger partial charge in [0.2, 0.25) is 0 Å². The third kappa shape index (κ3) is 7.88. The Bertz CT molecular complexity index is 2400. The number of benzene rings is 6. The Balaban J connectivity index is 0.000000345. The normalized spacial score (nSPS) is 12.0. The lowest BCUT2D eigenvalue weighted by atomic mass is 9.12. The van der Waals surface area contributed by atoms with Gasteiger partial charge in [-0.1, -0.05) is 54.6 Å². The van der Waals surface area contributed by atoms with E-state index in [0.717, 1.165) is 11.0 Å². The monoisotopic (exact) mass is 917 g/mol. The van der Waals surface area contributed by atoms with E-state index in [2.05, 4.69) is 80.8 Å². The van der Waals surface area contributed by atoms with E-state index in [1.807, 2.05) is 6.07 Å². The van der Waals surface area contributed by atoms with Crippen molar-refractivity contribution in [3.63, 3.8) is 0 Å². The highest BCUT2D eigenvalue weighted by molar-refractivity contribution is 7.20. The molecule has 63 heavy (non-hydrogen) atoms. The standard InChI is InChI=1S/C24BF20.C17H20N/c26-5-1(6(27)14(35)21(42)13(5)34)25(2-7(28)15(36)22(43)16(37)8(2)29,3-9(30)17(38)23(44)18(39)10(3)31)4-11(32)19(40)24(45)20(41)12(4)33;1-18(2,17-13-7-4-8-14-17)15-9-12-16-10-5-3-6-11-16/h;3-14H,15H2,1-2H3/q-1;+1. The molecule has 0 heterocycles. The third-order valence-corrected chi connectivity index (χ3v) is 9.83. The van der Waals surface area contributed by atoms with Crippen LogP contribution in [0.3, 0.4) is 0 Å². The SMILES string of the molecule is C[N+](C)(CC=Cc1ccccc1)c1ccccc1.Fc1c(F)c(F)c([B-](c2c(F)c(F)c(F)c(F)c2F)(c2c(F)c(F)c(F)c(F)c2F)c2c(F)c(F)c(F)c(F)c2F)c(F)c1F. The molecule has 0 N–H and O–H groups in total. The second kappa shape index (κ2) is 17.8. The molecule has 0 saturated carbocycles. The summed E-state index contributed by atoms with van der Waals surface area (Å²) in [5.41, 5.74) is -11.7. The van der Waals surface area contributed by atoms with Crippen molar-refractivity contribution in [2.75, 3.05) is 20.6 Å². The minimum absolute atomic E-state index is 0.865. The largest absolute Gasteiger partial charge is 0.293 e. The summed E-state index contributed by atoms with van der Waals surface area (Å²) >= 11 is 0. The van der Waals surface area contributed by atoms with Crippen LogP contribution in [0, 0.1) is 116 Å². The van der Waals surface area contributed by atoms with Gasteiger partial charge in [0.05, 0.1) is 14.1 Å². The summed E-state index contributed by atoms with van der Waals surface area (Å²) in [5, 5.41) is 0. The second-order valence-corrected chi connectivity index (χ2v) is 13.8. The highest BCUT2D eigenvalue weighted by Crippen LogP contribution is 2.31. The Morgan fingerprint density at radius 2 is 0.556 bits per heavy atom. The quantitative estimate of drug-likeness (QED) is 0.0470. The molecule has 0 atom stereocenters. The van der Waals surface area contributed by atoms with Gasteiger partial charge in [-0.2, -0.15) is 0 Å². The van der Waals surface area contributed by atoms with Gasteiger partial charge >= 0.3 is 0 Å². The van der Waals surface area contributed by atoms with E-state index in [4.69, 9.17) is 0 Å². The maximum Gasteiger partial charge on any atom is 0.200 e. The van der Waals surface area contributed by atoms with Crippen LogP contribution in [0.5, 0.6) is 0 Å². The Hall–Kier alpha value is -6.32. The molecule has 6 aromatic carbocycles. The van der Waals surface area contributed by atoms with Gasteiger partial charge in [-0.15, -0.1) is 21.9 Å². The van der Waals surface area contributed by atoms with Gasteiger partial charge in [-0.05, 0) is 23.8 Å². The maximum atomic E-state index is 15.4. The first-order valence-corrected chi connectivity index (χ1v) is 17.2. The molecule has 0 aliphatic carbocycles. The van der Waals surface area contributed by atoms with Crippen LogP contribution in [0.15, 0.2) is 66.7 Å². The Labute approximate surface area is 341 Å². The molecule has 22 heteroatoms. The summed E-state index contributed by atoms with van der Waals surface area (Å²) in [6, 6.07) is 21.0. The lowest BCUT2D eigenvalue weighted by molar-refractivity contribution is 0.378. The molecular weight excluding hydrogens is 897 g/mol. The van der Waals surface area contributed by atoms with E-state index < -0.39 is 144 Å². The minimum atomic E-state index is -7.22. The number of hydrogen-bond donors (Lipinski definition) is 0. The molecule has 6 aromatic rings. The minimum Gasteiger partial charge on any atom is -0.293 e. The number of halogens is 20. The van der Waals surface area contributed by atoms with Crippen molar-refractivity contribution in [1.82, 2.24) is 4.48 Å². The van der Waals surface area contributed by atoms with Crippen LogP contribution in [0.1, 0.15) is 5.56 Å². The molecular formula is C41H20BF20N. The summed E-state index contributed by atoms with van der Waals surface area (Å²) in [5.74, 6) is -71.4. The zero-order valence-corrected chi connectivity index (χ0v) is 31.2. The van der Waals surface area contributed by atoms with E-state index in [1.165, 1.54) is 11.3 Å². The summed E-state index contributed by atoms with van der Waals surface area (Å²) in [4.78, 5) is 0. The van der Waals surface area contributed by atoms with Crippen LogP contribution in [-0.4, -0.2) is 26.8 Å². The molecule has 0 radical (unpaired) electrons. The molecule has 0 spiro atoms. The van der Waals surface area contributed by atoms with E-state index >= 15 is 35.1 Å². The van der Waals surface area contributed by atoms with Gasteiger partial charge in [0.1, 0.15) is 64.9 Å². The van der Waals surface area contributed by atoms with E-state index in [0.29, 0.717) is 0 Å². The van der Waals surface area contributed by atoms with Gasteiger partial charge in [0, 0.05) is 0 Å². The smallest absolute Gasteiger partial charge is 0.200 e. The first kappa shape index (κ1) is 47.7. The van der Waals surface area contributed by atoms with Crippen molar-refractivity contribution in [1.29, 1.82) is 0 Å². The van der Waals surface area contributed by atoms with Crippen LogP contribution in [0.25, 0.3) is 6.08 Å². The maximum absolute atomic E-state index is 15.4. The lowest BCUT2D eigenvalue weighted by Gasteiger charge is -2.44. The summed E-state index contributed by atoms with van der Waals surface area (Å²) in [6.45, 7) is 0.985. The van der Waals surface area contributed by atoms with Gasteiger partial charge in [0.15, 0.2) is 69.8 Å². The first-order chi connectivity index (χ1) is 29.4. The fourth-order valence-corrected chi connectivity index (χ4v) is 6.83. The molecule has 332 valence electrons. The average Bonchev–Trinajstić information content (AvgIpc) is 3.27. The van der Waals surface area contributed by atoms with Crippen LogP contribution in [0.2, 0.25) is 0 Å². The lowest BCUT2D eigenvalue weighted by Crippen LogP contribution is -2.81. The second-order valence-electron chi connectivity index (χ2n) is 13.8. The van der Waals surface area contributed by atoms with Crippen LogP contribution >= 0.6 is 0 Å². The van der Waals surface area contributed by atoms with Crippen molar-refractivity contribution in [3.05, 3.63) is 189 Å². The number of hydrogen-bond acceptors (Lipinski definition) is 0. The Kier molecular flexibility index (Phi) is 13.5. The Morgan fingerprint density at radius 3 is 0.810 bits per heavy atom. The molecule has 0 aromatic heterocycles.